The summed E-state index contributed by atoms with van der Waals surface area (Å²) in [6.07, 6.45) is 1.75. The first-order chi connectivity index (χ1) is 8.58. The number of hydrogen-bond acceptors (Lipinski definition) is 5. The number of nitro benzene ring substituents is 1. The molecule has 1 aromatic heterocycles. The van der Waals surface area contributed by atoms with E-state index in [1.165, 1.54) is 6.07 Å². The van der Waals surface area contributed by atoms with Crippen LogP contribution in [0.5, 0.6) is 0 Å². The molecular weight excluding hydrogens is 318 g/mol. The number of hydrogen-bond donors (Lipinski definition) is 1. The molecule has 0 aliphatic carbocycles. The zero-order valence-electron chi connectivity index (χ0n) is 9.46. The molecule has 0 radical (unpaired) electrons. The highest BCUT2D eigenvalue weighted by Crippen LogP contribution is 2.29. The van der Waals surface area contributed by atoms with Crippen molar-refractivity contribution < 1.29 is 4.92 Å². The van der Waals surface area contributed by atoms with Gasteiger partial charge in [-0.1, -0.05) is 0 Å². The average molecular weight is 328 g/mol. The molecule has 0 aliphatic rings. The van der Waals surface area contributed by atoms with E-state index in [0.29, 0.717) is 4.47 Å². The molecule has 2 aromatic rings. The molecule has 1 N–H and O–H groups in total. The van der Waals surface area contributed by atoms with Gasteiger partial charge in [0.15, 0.2) is 0 Å². The van der Waals surface area contributed by atoms with Crippen molar-refractivity contribution in [1.82, 2.24) is 4.98 Å². The lowest BCUT2D eigenvalue weighted by Crippen LogP contribution is -2.06. The second kappa shape index (κ2) is 5.45. The number of nitrogens with one attached hydrogen (secondary N) is 1. The van der Waals surface area contributed by atoms with E-state index in [0.717, 1.165) is 10.7 Å². The lowest BCUT2D eigenvalue weighted by molar-refractivity contribution is -0.385. The largest absolute Gasteiger partial charge is 0.376 e. The minimum absolute atomic E-state index is 0.0578. The van der Waals surface area contributed by atoms with E-state index in [2.05, 4.69) is 26.2 Å². The van der Waals surface area contributed by atoms with Crippen molar-refractivity contribution in [1.29, 1.82) is 0 Å². The third-order valence-corrected chi connectivity index (χ3v) is 3.94. The monoisotopic (exact) mass is 327 g/mol. The molecule has 0 aliphatic heterocycles. The quantitative estimate of drug-likeness (QED) is 0.681. The lowest BCUT2D eigenvalue weighted by Gasteiger charge is -2.12. The minimum Gasteiger partial charge on any atom is -0.376 e. The van der Waals surface area contributed by atoms with Crippen LogP contribution < -0.4 is 5.32 Å². The van der Waals surface area contributed by atoms with Crippen molar-refractivity contribution in [2.45, 2.75) is 13.0 Å². The van der Waals surface area contributed by atoms with E-state index in [1.54, 1.807) is 29.7 Å². The zero-order valence-corrected chi connectivity index (χ0v) is 11.9. The highest BCUT2D eigenvalue weighted by molar-refractivity contribution is 9.10. The maximum atomic E-state index is 10.7. The topological polar surface area (TPSA) is 68.1 Å². The van der Waals surface area contributed by atoms with Gasteiger partial charge in [-0.2, -0.15) is 0 Å². The smallest absolute Gasteiger partial charge is 0.283 e. The van der Waals surface area contributed by atoms with E-state index in [9.17, 15) is 10.1 Å². The van der Waals surface area contributed by atoms with Crippen LogP contribution in [0.3, 0.4) is 0 Å². The van der Waals surface area contributed by atoms with Crippen molar-refractivity contribution in [3.8, 4) is 0 Å². The summed E-state index contributed by atoms with van der Waals surface area (Å²) in [5.41, 5.74) is 0.873. The molecule has 1 heterocycles. The predicted molar refractivity (Wildman–Crippen MR) is 74.9 cm³/mol. The van der Waals surface area contributed by atoms with Crippen LogP contribution in [0.15, 0.2) is 34.2 Å². The van der Waals surface area contributed by atoms with E-state index < -0.39 is 4.92 Å². The number of anilines is 1. The maximum Gasteiger partial charge on any atom is 0.283 e. The third-order valence-electron chi connectivity index (χ3n) is 2.35. The summed E-state index contributed by atoms with van der Waals surface area (Å²) in [4.78, 5) is 14.5. The Kier molecular flexibility index (Phi) is 3.93. The molecule has 18 heavy (non-hydrogen) atoms. The maximum absolute atomic E-state index is 10.7. The summed E-state index contributed by atoms with van der Waals surface area (Å²) in [6.45, 7) is 1.99. The van der Waals surface area contributed by atoms with Crippen molar-refractivity contribution in [3.05, 3.63) is 49.4 Å². The second-order valence-electron chi connectivity index (χ2n) is 3.66. The number of aromatic nitrogens is 1. The molecular formula is C11H10BrN3O2S. The molecule has 0 amide bonds. The van der Waals surface area contributed by atoms with Crippen LogP contribution in [0, 0.1) is 10.1 Å². The van der Waals surface area contributed by atoms with E-state index in [1.807, 2.05) is 12.3 Å². The first kappa shape index (κ1) is 13.0. The van der Waals surface area contributed by atoms with Gasteiger partial charge in [-0.3, -0.25) is 10.1 Å². The Balaban J connectivity index is 2.15. The number of benzene rings is 1. The predicted octanol–water partition coefficient (Wildman–Crippen LogP) is 3.99. The first-order valence-corrected chi connectivity index (χ1v) is 6.85. The summed E-state index contributed by atoms with van der Waals surface area (Å²) < 4.78 is 0.462. The van der Waals surface area contributed by atoms with Gasteiger partial charge in [0.05, 0.1) is 15.4 Å². The molecule has 0 fully saturated rings. The number of rotatable bonds is 4. The Hall–Kier alpha value is -1.47. The molecule has 94 valence electrons. The Labute approximate surface area is 116 Å². The Morgan fingerprint density at radius 2 is 2.33 bits per heavy atom. The van der Waals surface area contributed by atoms with E-state index >= 15 is 0 Å². The average Bonchev–Trinajstić information content (AvgIpc) is 2.81. The van der Waals surface area contributed by atoms with Crippen LogP contribution in [0.25, 0.3) is 0 Å². The summed E-state index contributed by atoms with van der Waals surface area (Å²) >= 11 is 4.76. The molecule has 1 atom stereocenters. The fourth-order valence-electron chi connectivity index (χ4n) is 1.50. The highest BCUT2D eigenvalue weighted by Gasteiger charge is 2.13. The molecule has 1 aromatic carbocycles. The van der Waals surface area contributed by atoms with E-state index in [4.69, 9.17) is 0 Å². The van der Waals surface area contributed by atoms with Gasteiger partial charge in [-0.05, 0) is 35.0 Å². The Morgan fingerprint density at radius 3 is 2.89 bits per heavy atom. The van der Waals surface area contributed by atoms with Crippen LogP contribution in [-0.4, -0.2) is 9.91 Å². The standard InChI is InChI=1S/C11H10BrN3O2S/c1-7(11-13-4-5-18-11)14-8-2-3-10(15(16)17)9(12)6-8/h2-7,14H,1H3. The van der Waals surface area contributed by atoms with Gasteiger partial charge in [0.1, 0.15) is 5.01 Å². The van der Waals surface area contributed by atoms with E-state index in [-0.39, 0.29) is 11.7 Å². The van der Waals surface area contributed by atoms with Gasteiger partial charge < -0.3 is 5.32 Å². The first-order valence-electron chi connectivity index (χ1n) is 5.18. The molecule has 0 saturated heterocycles. The molecule has 0 bridgehead atoms. The molecule has 5 nitrogen and oxygen atoms in total. The summed E-state index contributed by atoms with van der Waals surface area (Å²) in [7, 11) is 0. The van der Waals surface area contributed by atoms with Crippen molar-refractivity contribution in [2.75, 3.05) is 5.32 Å². The van der Waals surface area contributed by atoms with Gasteiger partial charge >= 0.3 is 0 Å². The highest BCUT2D eigenvalue weighted by atomic mass is 79.9. The molecule has 1 unspecified atom stereocenters. The number of nitrogens with zero attached hydrogens (tertiary/aromatic N) is 2. The fraction of sp³-hybridized carbons (Fsp3) is 0.182. The molecule has 7 heteroatoms. The molecule has 0 saturated carbocycles. The number of thiazole rings is 1. The van der Waals surface area contributed by atoms with Gasteiger partial charge in [0, 0.05) is 23.3 Å². The van der Waals surface area contributed by atoms with Gasteiger partial charge in [-0.15, -0.1) is 11.3 Å². The third kappa shape index (κ3) is 2.85. The fourth-order valence-corrected chi connectivity index (χ4v) is 2.67. The molecule has 0 spiro atoms. The van der Waals surface area contributed by atoms with Crippen LogP contribution in [0.2, 0.25) is 0 Å². The van der Waals surface area contributed by atoms with Crippen molar-refractivity contribution in [3.63, 3.8) is 0 Å². The van der Waals surface area contributed by atoms with Crippen LogP contribution in [0.1, 0.15) is 18.0 Å². The Morgan fingerprint density at radius 1 is 1.56 bits per heavy atom. The summed E-state index contributed by atoms with van der Waals surface area (Å²) in [6, 6.07) is 4.93. The van der Waals surface area contributed by atoms with Crippen LogP contribution >= 0.6 is 27.3 Å². The number of nitro groups is 1. The number of halogens is 1. The lowest BCUT2D eigenvalue weighted by atomic mass is 10.2. The van der Waals surface area contributed by atoms with Crippen LogP contribution in [0.4, 0.5) is 11.4 Å². The van der Waals surface area contributed by atoms with Crippen LogP contribution in [-0.2, 0) is 0 Å². The van der Waals surface area contributed by atoms with Gasteiger partial charge in [0.25, 0.3) is 5.69 Å². The SMILES string of the molecule is CC(Nc1ccc([N+](=O)[O-])c(Br)c1)c1nccs1. The molecule has 2 rings (SSSR count). The zero-order chi connectivity index (χ0) is 13.1. The van der Waals surface area contributed by atoms with Crippen molar-refractivity contribution >= 4 is 38.6 Å². The Bertz CT molecular complexity index is 559. The summed E-state index contributed by atoms with van der Waals surface area (Å²) in [5.74, 6) is 0. The minimum atomic E-state index is -0.419. The summed E-state index contributed by atoms with van der Waals surface area (Å²) in [5, 5.41) is 16.8. The normalized spacial score (nSPS) is 12.1. The second-order valence-corrected chi connectivity index (χ2v) is 5.44. The van der Waals surface area contributed by atoms with Crippen molar-refractivity contribution in [2.24, 2.45) is 0 Å². The van der Waals surface area contributed by atoms with Gasteiger partial charge in [0.2, 0.25) is 0 Å². The van der Waals surface area contributed by atoms with Gasteiger partial charge in [-0.25, -0.2) is 4.98 Å².